The number of nitrogens with one attached hydrogen (secondary N) is 2. The van der Waals surface area contributed by atoms with Gasteiger partial charge in [0.1, 0.15) is 17.4 Å². The number of hydrogen-bond acceptors (Lipinski definition) is 3. The van der Waals surface area contributed by atoms with Gasteiger partial charge < -0.3 is 21.1 Å². The maximum Gasteiger partial charge on any atom is 0.319 e. The van der Waals surface area contributed by atoms with E-state index in [-0.39, 0.29) is 24.2 Å². The molecule has 2 aromatic rings. The van der Waals surface area contributed by atoms with E-state index in [4.69, 9.17) is 10.5 Å². The van der Waals surface area contributed by atoms with Crippen LogP contribution in [0.2, 0.25) is 0 Å². The van der Waals surface area contributed by atoms with Crippen molar-refractivity contribution in [2.75, 3.05) is 19.0 Å². The molecular formula is C17H17F2N3O3. The van der Waals surface area contributed by atoms with Crippen LogP contribution >= 0.6 is 0 Å². The Hall–Kier alpha value is -3.16. The van der Waals surface area contributed by atoms with Crippen molar-refractivity contribution in [3.05, 3.63) is 59.2 Å². The van der Waals surface area contributed by atoms with Gasteiger partial charge in [0, 0.05) is 18.2 Å². The topological polar surface area (TPSA) is 93.4 Å². The summed E-state index contributed by atoms with van der Waals surface area (Å²) in [5.41, 5.74) is 6.11. The van der Waals surface area contributed by atoms with Crippen LogP contribution in [0, 0.1) is 11.6 Å². The number of halogens is 2. The predicted octanol–water partition coefficient (Wildman–Crippen LogP) is 2.44. The Kier molecular flexibility index (Phi) is 5.89. The van der Waals surface area contributed by atoms with Gasteiger partial charge in [-0.25, -0.2) is 13.6 Å². The van der Waals surface area contributed by atoms with Crippen LogP contribution in [0.15, 0.2) is 36.4 Å². The van der Waals surface area contributed by atoms with E-state index in [2.05, 4.69) is 10.6 Å². The first kappa shape index (κ1) is 18.2. The number of benzene rings is 2. The molecule has 0 radical (unpaired) electrons. The molecule has 25 heavy (non-hydrogen) atoms. The fraction of sp³-hybridized carbons (Fsp3) is 0.176. The highest BCUT2D eigenvalue weighted by Gasteiger charge is 2.10. The number of methoxy groups -OCH3 is 1. The van der Waals surface area contributed by atoms with Crippen molar-refractivity contribution in [2.45, 2.75) is 6.42 Å². The van der Waals surface area contributed by atoms with Crippen LogP contribution in [-0.2, 0) is 6.42 Å². The Bertz CT molecular complexity index is 776. The van der Waals surface area contributed by atoms with E-state index in [0.29, 0.717) is 11.3 Å². The lowest BCUT2D eigenvalue weighted by Crippen LogP contribution is -2.30. The summed E-state index contributed by atoms with van der Waals surface area (Å²) >= 11 is 0. The number of rotatable bonds is 6. The number of urea groups is 1. The third-order valence-electron chi connectivity index (χ3n) is 3.35. The molecule has 0 heterocycles. The zero-order chi connectivity index (χ0) is 18.4. The molecule has 132 valence electrons. The van der Waals surface area contributed by atoms with Crippen LogP contribution in [-0.4, -0.2) is 25.6 Å². The normalized spacial score (nSPS) is 10.2. The van der Waals surface area contributed by atoms with Crippen LogP contribution in [0.4, 0.5) is 19.3 Å². The molecule has 0 fully saturated rings. The first-order valence-electron chi connectivity index (χ1n) is 7.36. The molecule has 0 aliphatic rings. The van der Waals surface area contributed by atoms with Crippen LogP contribution < -0.4 is 21.1 Å². The Morgan fingerprint density at radius 3 is 2.40 bits per heavy atom. The van der Waals surface area contributed by atoms with Gasteiger partial charge in [0.05, 0.1) is 12.8 Å². The van der Waals surface area contributed by atoms with Crippen molar-refractivity contribution >= 4 is 17.6 Å². The van der Waals surface area contributed by atoms with Gasteiger partial charge in [0.15, 0.2) is 0 Å². The maximum absolute atomic E-state index is 13.1. The summed E-state index contributed by atoms with van der Waals surface area (Å²) in [6.45, 7) is 0.159. The molecule has 8 heteroatoms. The number of anilines is 1. The van der Waals surface area contributed by atoms with Crippen LogP contribution in [0.25, 0.3) is 0 Å². The summed E-state index contributed by atoms with van der Waals surface area (Å²) < 4.78 is 31.3. The van der Waals surface area contributed by atoms with E-state index in [9.17, 15) is 18.4 Å². The molecule has 0 bridgehead atoms. The minimum absolute atomic E-state index is 0.159. The molecule has 0 spiro atoms. The van der Waals surface area contributed by atoms with E-state index < -0.39 is 23.6 Å². The molecule has 2 aromatic carbocycles. The van der Waals surface area contributed by atoms with E-state index >= 15 is 0 Å². The standard InChI is InChI=1S/C17H17F2N3O3/c1-25-15-3-2-11(16(20)23)8-14(15)22-17(24)21-5-4-10-6-12(18)9-13(19)7-10/h2-3,6-9H,4-5H2,1H3,(H2,20,23)(H2,21,22,24). The molecule has 0 aliphatic heterocycles. The highest BCUT2D eigenvalue weighted by molar-refractivity contribution is 5.97. The third-order valence-corrected chi connectivity index (χ3v) is 3.35. The molecular weight excluding hydrogens is 332 g/mol. The summed E-state index contributed by atoms with van der Waals surface area (Å²) in [7, 11) is 1.42. The quantitative estimate of drug-likeness (QED) is 0.748. The zero-order valence-electron chi connectivity index (χ0n) is 13.4. The lowest BCUT2D eigenvalue weighted by atomic mass is 10.1. The summed E-state index contributed by atoms with van der Waals surface area (Å²) in [4.78, 5) is 23.2. The average molecular weight is 349 g/mol. The van der Waals surface area contributed by atoms with Crippen molar-refractivity contribution in [1.29, 1.82) is 0 Å². The molecule has 6 nitrogen and oxygen atoms in total. The second-order valence-corrected chi connectivity index (χ2v) is 5.19. The van der Waals surface area contributed by atoms with Gasteiger partial charge >= 0.3 is 6.03 Å². The Morgan fingerprint density at radius 1 is 1.12 bits per heavy atom. The van der Waals surface area contributed by atoms with Crippen molar-refractivity contribution in [3.63, 3.8) is 0 Å². The smallest absolute Gasteiger partial charge is 0.319 e. The Balaban J connectivity index is 1.95. The highest BCUT2D eigenvalue weighted by atomic mass is 19.1. The van der Waals surface area contributed by atoms with Crippen LogP contribution in [0.5, 0.6) is 5.75 Å². The van der Waals surface area contributed by atoms with Crippen molar-refractivity contribution in [2.24, 2.45) is 5.73 Å². The average Bonchev–Trinajstić information content (AvgIpc) is 2.53. The number of nitrogens with two attached hydrogens (primary N) is 1. The molecule has 0 atom stereocenters. The van der Waals surface area contributed by atoms with Crippen molar-refractivity contribution in [1.82, 2.24) is 5.32 Å². The first-order chi connectivity index (χ1) is 11.9. The molecule has 0 aliphatic carbocycles. The highest BCUT2D eigenvalue weighted by Crippen LogP contribution is 2.25. The van der Waals surface area contributed by atoms with E-state index in [1.54, 1.807) is 0 Å². The minimum atomic E-state index is -0.674. The zero-order valence-corrected chi connectivity index (χ0v) is 13.4. The Morgan fingerprint density at radius 2 is 1.80 bits per heavy atom. The number of primary amides is 1. The van der Waals surface area contributed by atoms with Gasteiger partial charge in [0.25, 0.3) is 0 Å². The summed E-state index contributed by atoms with van der Waals surface area (Å²) in [5, 5.41) is 5.09. The second kappa shape index (κ2) is 8.09. The largest absolute Gasteiger partial charge is 0.495 e. The molecule has 0 aromatic heterocycles. The lowest BCUT2D eigenvalue weighted by Gasteiger charge is -2.12. The van der Waals surface area contributed by atoms with Crippen LogP contribution in [0.1, 0.15) is 15.9 Å². The number of carbonyl (C=O) groups excluding carboxylic acids is 2. The Labute approximate surface area is 143 Å². The second-order valence-electron chi connectivity index (χ2n) is 5.19. The first-order valence-corrected chi connectivity index (χ1v) is 7.36. The number of hydrogen-bond donors (Lipinski definition) is 3. The van der Waals surface area contributed by atoms with Gasteiger partial charge in [-0.05, 0) is 42.3 Å². The van der Waals surface area contributed by atoms with E-state index in [0.717, 1.165) is 6.07 Å². The van der Waals surface area contributed by atoms with Gasteiger partial charge in [-0.3, -0.25) is 4.79 Å². The molecule has 2 rings (SSSR count). The SMILES string of the molecule is COc1ccc(C(N)=O)cc1NC(=O)NCCc1cc(F)cc(F)c1. The van der Waals surface area contributed by atoms with E-state index in [1.165, 1.54) is 37.4 Å². The number of carbonyl (C=O) groups is 2. The molecule has 0 saturated heterocycles. The third kappa shape index (κ3) is 5.17. The van der Waals surface area contributed by atoms with Gasteiger partial charge in [-0.15, -0.1) is 0 Å². The van der Waals surface area contributed by atoms with E-state index in [1.807, 2.05) is 0 Å². The van der Waals surface area contributed by atoms with Gasteiger partial charge in [-0.1, -0.05) is 0 Å². The van der Waals surface area contributed by atoms with Gasteiger partial charge in [0.2, 0.25) is 5.91 Å². The number of ether oxygens (including phenoxy) is 1. The van der Waals surface area contributed by atoms with Gasteiger partial charge in [-0.2, -0.15) is 0 Å². The maximum atomic E-state index is 13.1. The molecule has 0 unspecified atom stereocenters. The monoisotopic (exact) mass is 349 g/mol. The molecule has 4 N–H and O–H groups in total. The van der Waals surface area contributed by atoms with Crippen LogP contribution in [0.3, 0.4) is 0 Å². The predicted molar refractivity (Wildman–Crippen MR) is 88.6 cm³/mol. The minimum Gasteiger partial charge on any atom is -0.495 e. The summed E-state index contributed by atoms with van der Waals surface area (Å²) in [6, 6.07) is 6.99. The molecule has 3 amide bonds. The number of amides is 3. The molecule has 0 saturated carbocycles. The summed E-state index contributed by atoms with van der Waals surface area (Å²) in [5.74, 6) is -1.63. The lowest BCUT2D eigenvalue weighted by molar-refractivity contribution is 0.1000. The fourth-order valence-electron chi connectivity index (χ4n) is 2.20. The van der Waals surface area contributed by atoms with Crippen molar-refractivity contribution < 1.29 is 23.1 Å². The van der Waals surface area contributed by atoms with Crippen molar-refractivity contribution in [3.8, 4) is 5.75 Å². The fourth-order valence-corrected chi connectivity index (χ4v) is 2.20. The summed E-state index contributed by atoms with van der Waals surface area (Å²) in [6.07, 6.45) is 0.251.